The van der Waals surface area contributed by atoms with E-state index < -0.39 is 6.17 Å². The molecule has 0 saturated carbocycles. The van der Waals surface area contributed by atoms with E-state index in [4.69, 9.17) is 28.8 Å². The predicted octanol–water partition coefficient (Wildman–Crippen LogP) is 3.50. The first-order valence-corrected chi connectivity index (χ1v) is 10.0. The third kappa shape index (κ3) is 4.05. The molecular formula is C21H19ClN6OS. The topological polar surface area (TPSA) is 85.4 Å². The summed E-state index contributed by atoms with van der Waals surface area (Å²) in [5, 5.41) is 13.7. The van der Waals surface area contributed by atoms with Crippen LogP contribution in [-0.4, -0.2) is 40.1 Å². The van der Waals surface area contributed by atoms with Crippen molar-refractivity contribution in [2.75, 3.05) is 17.3 Å². The lowest BCUT2D eigenvalue weighted by Crippen LogP contribution is -2.47. The summed E-state index contributed by atoms with van der Waals surface area (Å²) in [5.41, 5.74) is 3.91. The van der Waals surface area contributed by atoms with E-state index >= 15 is 0 Å². The number of aromatic nitrogens is 2. The number of aliphatic imine (C=N–C) groups is 1. The van der Waals surface area contributed by atoms with Crippen molar-refractivity contribution in [2.24, 2.45) is 4.99 Å². The maximum Gasteiger partial charge on any atom is 0.272 e. The zero-order chi connectivity index (χ0) is 21.3. The number of benzodiazepines with no additional fused rings is 1. The van der Waals surface area contributed by atoms with Crippen LogP contribution in [0.1, 0.15) is 16.8 Å². The lowest BCUT2D eigenvalue weighted by atomic mass is 10.0. The Hall–Kier alpha value is -3.23. The Labute approximate surface area is 184 Å². The van der Waals surface area contributed by atoms with Crippen molar-refractivity contribution in [3.63, 3.8) is 0 Å². The fourth-order valence-corrected chi connectivity index (χ4v) is 3.61. The molecule has 7 nitrogen and oxygen atoms in total. The Morgan fingerprint density at radius 2 is 1.97 bits per heavy atom. The summed E-state index contributed by atoms with van der Waals surface area (Å²) in [5.74, 6) is 0.314. The smallest absolute Gasteiger partial charge is 0.272 e. The molecular weight excluding hydrogens is 420 g/mol. The van der Waals surface area contributed by atoms with Gasteiger partial charge in [-0.1, -0.05) is 41.9 Å². The molecule has 1 amide bonds. The van der Waals surface area contributed by atoms with Gasteiger partial charge in [0.1, 0.15) is 0 Å². The van der Waals surface area contributed by atoms with Gasteiger partial charge in [-0.25, -0.2) is 4.99 Å². The number of nitrogens with zero attached hydrogens (tertiary/aromatic N) is 3. The normalized spacial score (nSPS) is 15.8. The van der Waals surface area contributed by atoms with Crippen molar-refractivity contribution < 1.29 is 4.79 Å². The number of H-pyrrole nitrogens is 1. The Morgan fingerprint density at radius 1 is 1.20 bits per heavy atom. The van der Waals surface area contributed by atoms with E-state index in [1.807, 2.05) is 55.5 Å². The first-order valence-electron chi connectivity index (χ1n) is 9.22. The van der Waals surface area contributed by atoms with Crippen molar-refractivity contribution in [1.29, 1.82) is 0 Å². The number of benzene rings is 2. The van der Waals surface area contributed by atoms with Gasteiger partial charge in [0.15, 0.2) is 10.9 Å². The zero-order valence-electron chi connectivity index (χ0n) is 16.3. The van der Waals surface area contributed by atoms with Gasteiger partial charge in [0.25, 0.3) is 5.91 Å². The fraction of sp³-hybridized carbons (Fsp3) is 0.143. The lowest BCUT2D eigenvalue weighted by molar-refractivity contribution is -0.119. The Bertz CT molecular complexity index is 1140. The minimum Gasteiger partial charge on any atom is -0.333 e. The van der Waals surface area contributed by atoms with Gasteiger partial charge in [-0.15, -0.1) is 0 Å². The second kappa shape index (κ2) is 8.25. The average molecular weight is 439 g/mol. The molecule has 3 N–H and O–H groups in total. The largest absolute Gasteiger partial charge is 0.333 e. The van der Waals surface area contributed by atoms with Crippen molar-refractivity contribution in [2.45, 2.75) is 13.1 Å². The molecule has 1 atom stereocenters. The van der Waals surface area contributed by atoms with E-state index in [0.717, 1.165) is 22.5 Å². The number of hydrogen-bond acceptors (Lipinski definition) is 4. The molecule has 0 fully saturated rings. The summed E-state index contributed by atoms with van der Waals surface area (Å²) in [4.78, 5) is 19.5. The molecule has 30 heavy (non-hydrogen) atoms. The summed E-state index contributed by atoms with van der Waals surface area (Å²) in [6.07, 6.45) is -0.920. The molecule has 1 aliphatic heterocycles. The molecule has 0 spiro atoms. The molecule has 2 heterocycles. The number of rotatable bonds is 3. The molecule has 0 saturated heterocycles. The molecule has 0 bridgehead atoms. The van der Waals surface area contributed by atoms with Gasteiger partial charge < -0.3 is 15.5 Å². The highest BCUT2D eigenvalue weighted by molar-refractivity contribution is 7.80. The second-order valence-corrected chi connectivity index (χ2v) is 7.68. The van der Waals surface area contributed by atoms with Crippen LogP contribution in [0.15, 0.2) is 59.6 Å². The van der Waals surface area contributed by atoms with Crippen LogP contribution in [0.4, 0.5) is 11.5 Å². The molecule has 152 valence electrons. The van der Waals surface area contributed by atoms with Crippen molar-refractivity contribution >= 4 is 52.1 Å². The number of carbonyl (C=O) groups is 1. The van der Waals surface area contributed by atoms with Crippen LogP contribution in [0.3, 0.4) is 0 Å². The molecule has 9 heteroatoms. The van der Waals surface area contributed by atoms with Gasteiger partial charge >= 0.3 is 0 Å². The van der Waals surface area contributed by atoms with E-state index in [1.54, 1.807) is 18.0 Å². The standard InChI is InChI=1S/C21H19ClN6OS/c1-12-10-17(27-26-12)23-21(30)25-19-20(29)28(2)16-9-8-14(22)11-15(16)18(24-19)13-6-4-3-5-7-13/h3-11,19H,1-2H3,(H3,23,25,26,27,30). The van der Waals surface area contributed by atoms with Crippen molar-refractivity contribution in [1.82, 2.24) is 15.5 Å². The van der Waals surface area contributed by atoms with Gasteiger partial charge in [0.05, 0.1) is 11.4 Å². The maximum absolute atomic E-state index is 13.2. The number of carbonyl (C=O) groups excluding carboxylic acids is 1. The van der Waals surface area contributed by atoms with Crippen LogP contribution < -0.4 is 15.5 Å². The first kappa shape index (κ1) is 20.1. The minimum absolute atomic E-state index is 0.244. The van der Waals surface area contributed by atoms with E-state index in [1.165, 1.54) is 0 Å². The Balaban J connectivity index is 1.73. The van der Waals surface area contributed by atoms with E-state index in [9.17, 15) is 4.79 Å². The van der Waals surface area contributed by atoms with Gasteiger partial charge in [-0.2, -0.15) is 5.10 Å². The number of amides is 1. The van der Waals surface area contributed by atoms with E-state index in [0.29, 0.717) is 16.6 Å². The van der Waals surface area contributed by atoms with Crippen LogP contribution in [0.5, 0.6) is 0 Å². The number of hydrogen-bond donors (Lipinski definition) is 3. The Kier molecular flexibility index (Phi) is 5.52. The van der Waals surface area contributed by atoms with Crippen LogP contribution in [0.25, 0.3) is 0 Å². The summed E-state index contributed by atoms with van der Waals surface area (Å²) >= 11 is 11.7. The highest BCUT2D eigenvalue weighted by Crippen LogP contribution is 2.29. The SMILES string of the molecule is Cc1cc(NC(=S)NC2N=C(c3ccccc3)c3cc(Cl)ccc3N(C)C2=O)n[nH]1. The number of aryl methyl sites for hydroxylation is 1. The number of nitrogens with one attached hydrogen (secondary N) is 3. The van der Waals surface area contributed by atoms with Crippen LogP contribution in [-0.2, 0) is 4.79 Å². The fourth-order valence-electron chi connectivity index (χ4n) is 3.23. The Morgan fingerprint density at radius 3 is 2.67 bits per heavy atom. The molecule has 0 radical (unpaired) electrons. The van der Waals surface area contributed by atoms with Crippen molar-refractivity contribution in [3.05, 3.63) is 76.4 Å². The van der Waals surface area contributed by atoms with Gasteiger partial charge in [-0.05, 0) is 37.3 Å². The molecule has 1 unspecified atom stereocenters. The van der Waals surface area contributed by atoms with Gasteiger partial charge in [0, 0.05) is 35.0 Å². The minimum atomic E-state index is -0.920. The van der Waals surface area contributed by atoms with E-state index in [-0.39, 0.29) is 11.0 Å². The lowest BCUT2D eigenvalue weighted by Gasteiger charge is -2.21. The highest BCUT2D eigenvalue weighted by atomic mass is 35.5. The third-order valence-electron chi connectivity index (χ3n) is 4.66. The number of aromatic amines is 1. The number of likely N-dealkylation sites (N-methyl/N-ethyl adjacent to an activating group) is 1. The second-order valence-electron chi connectivity index (χ2n) is 6.84. The van der Waals surface area contributed by atoms with E-state index in [2.05, 4.69) is 20.8 Å². The van der Waals surface area contributed by atoms with Crippen LogP contribution in [0.2, 0.25) is 5.02 Å². The van der Waals surface area contributed by atoms with Gasteiger partial charge in [0.2, 0.25) is 6.17 Å². The summed E-state index contributed by atoms with van der Waals surface area (Å²) in [7, 11) is 1.71. The summed E-state index contributed by atoms with van der Waals surface area (Å²) in [6.45, 7) is 1.89. The van der Waals surface area contributed by atoms with Crippen LogP contribution in [0, 0.1) is 6.92 Å². The number of halogens is 1. The van der Waals surface area contributed by atoms with Gasteiger partial charge in [-0.3, -0.25) is 9.89 Å². The highest BCUT2D eigenvalue weighted by Gasteiger charge is 2.30. The number of thiocarbonyl (C=S) groups is 1. The molecule has 3 aromatic rings. The summed E-state index contributed by atoms with van der Waals surface area (Å²) in [6, 6.07) is 16.9. The molecule has 1 aromatic heterocycles. The predicted molar refractivity (Wildman–Crippen MR) is 123 cm³/mol. The molecule has 4 rings (SSSR count). The number of fused-ring (bicyclic) bond motifs is 1. The molecule has 1 aliphatic rings. The average Bonchev–Trinajstić information content (AvgIpc) is 3.11. The first-order chi connectivity index (χ1) is 14.4. The van der Waals surface area contributed by atoms with Crippen molar-refractivity contribution in [3.8, 4) is 0 Å². The molecule has 2 aromatic carbocycles. The quantitative estimate of drug-likeness (QED) is 0.545. The maximum atomic E-state index is 13.2. The van der Waals surface area contributed by atoms with Crippen LogP contribution >= 0.6 is 23.8 Å². The zero-order valence-corrected chi connectivity index (χ0v) is 17.9. The summed E-state index contributed by atoms with van der Waals surface area (Å²) < 4.78 is 0. The third-order valence-corrected chi connectivity index (χ3v) is 5.12. The number of anilines is 2. The molecule has 0 aliphatic carbocycles. The monoisotopic (exact) mass is 438 g/mol.